The summed E-state index contributed by atoms with van der Waals surface area (Å²) in [6, 6.07) is 6.47. The molecule has 0 spiro atoms. The molecular weight excluding hydrogens is 801 g/mol. The zero-order chi connectivity index (χ0) is 46.1. The predicted octanol–water partition coefficient (Wildman–Crippen LogP) is 5.34. The molecule has 2 aromatic rings. The van der Waals surface area contributed by atoms with Crippen molar-refractivity contribution in [2.75, 3.05) is 21.2 Å². The largest absolute Gasteiger partial charge is 0.462 e. The van der Waals surface area contributed by atoms with Crippen LogP contribution in [0.5, 0.6) is 11.5 Å². The van der Waals surface area contributed by atoms with Crippen LogP contribution in [0.4, 0.5) is 0 Å². The van der Waals surface area contributed by atoms with Gasteiger partial charge in [-0.05, 0) is 39.0 Å². The number of rotatable bonds is 5. The Labute approximate surface area is 361 Å². The van der Waals surface area contributed by atoms with Crippen molar-refractivity contribution >= 4 is 35.2 Å². The Bertz CT molecular complexity index is 2290. The van der Waals surface area contributed by atoms with Crippen molar-refractivity contribution in [1.82, 2.24) is 10.2 Å². The highest BCUT2D eigenvalue weighted by atomic mass is 16.7. The van der Waals surface area contributed by atoms with E-state index in [1.807, 2.05) is 6.92 Å². The Morgan fingerprint density at radius 1 is 0.855 bits per heavy atom. The number of nitrogens with one attached hydrogen (secondary N) is 1. The molecule has 4 aliphatic rings. The predicted molar refractivity (Wildman–Crippen MR) is 226 cm³/mol. The third kappa shape index (κ3) is 9.01. The number of aliphatic hydroxyl groups is 2. The van der Waals surface area contributed by atoms with Gasteiger partial charge in [-0.25, -0.2) is 4.79 Å². The molecule has 15 nitrogen and oxygen atoms in total. The summed E-state index contributed by atoms with van der Waals surface area (Å²) in [5.41, 5.74) is -0.651. The van der Waals surface area contributed by atoms with Gasteiger partial charge in [0.2, 0.25) is 11.6 Å². The van der Waals surface area contributed by atoms with E-state index in [0.29, 0.717) is 0 Å². The lowest BCUT2D eigenvalue weighted by atomic mass is 9.78. The van der Waals surface area contributed by atoms with Gasteiger partial charge in [0, 0.05) is 69.9 Å². The Hall–Kier alpha value is -5.90. The molecule has 1 amide bonds. The summed E-state index contributed by atoms with van der Waals surface area (Å²) in [4.78, 5) is 85.4. The van der Waals surface area contributed by atoms with Crippen LogP contribution in [0.15, 0.2) is 71.8 Å². The van der Waals surface area contributed by atoms with Gasteiger partial charge < -0.3 is 44.1 Å². The standard InChI is InChI=1S/C47H56N2O13/c1-22-16-18-30(19-17-22)46(57)61-42-28(7)43-34-32-33(42)39(53)35(36(40(32)54)49(10)11)48-45(56)24(3)15-13-14-23(2)37(51)26(5)38(52)27(6)41(60-29(8)50)25(4)31(58-12)20-21-59-47(9,62-43)44(34)55/h13-21,23,25-27,31,37-38,41,51-52H,1-12H3,(H,48,56)/b14-13-,21-20-,24-15-/t23-,25+,26+,27-,31-,37-,38-,41+,47-/m0/s1. The molecule has 9 atom stereocenters. The van der Waals surface area contributed by atoms with Crippen molar-refractivity contribution in [1.29, 1.82) is 0 Å². The number of benzene rings is 2. The van der Waals surface area contributed by atoms with Crippen molar-refractivity contribution < 1.29 is 62.7 Å². The Kier molecular flexibility index (Phi) is 14.2. The molecule has 1 aliphatic carbocycles. The maximum absolute atomic E-state index is 14.8. The minimum absolute atomic E-state index is 0.0291. The monoisotopic (exact) mass is 856 g/mol. The van der Waals surface area contributed by atoms with Gasteiger partial charge in [-0.3, -0.25) is 24.0 Å². The second-order valence-electron chi connectivity index (χ2n) is 16.6. The van der Waals surface area contributed by atoms with Gasteiger partial charge in [0.05, 0.1) is 46.8 Å². The van der Waals surface area contributed by atoms with E-state index in [9.17, 15) is 39.0 Å². The van der Waals surface area contributed by atoms with E-state index >= 15 is 0 Å². The SMILES string of the molecule is CO[C@H]1/C=C\O[C@@]2(C)Oc3c(C)c(OC(=O)c4ccc(C)cc4)c4c(c3C2=O)C(=O)C(N(C)C)=C(NC(=O)/C(C)=C\C=C/[C@H](C)[C@H](O)[C@@H](C)[C@H](O)[C@H](C)[C@H](OC(C)=O)[C@@H]1C)C4=O. The van der Waals surface area contributed by atoms with Crippen LogP contribution in [0.25, 0.3) is 0 Å². The molecule has 3 aliphatic heterocycles. The summed E-state index contributed by atoms with van der Waals surface area (Å²) < 4.78 is 29.7. The minimum Gasteiger partial charge on any atom is -0.462 e. The van der Waals surface area contributed by atoms with Gasteiger partial charge in [-0.2, -0.15) is 0 Å². The number of allylic oxidation sites excluding steroid dienone is 4. The number of likely N-dealkylation sites (N-methyl/N-ethyl adjacent to an activating group) is 1. The van der Waals surface area contributed by atoms with E-state index in [1.165, 1.54) is 84.3 Å². The molecule has 3 heterocycles. The molecule has 0 aromatic heterocycles. The number of nitrogens with zero attached hydrogens (tertiary/aromatic N) is 1. The summed E-state index contributed by atoms with van der Waals surface area (Å²) in [5.74, 6) is -10.1. The van der Waals surface area contributed by atoms with Crippen molar-refractivity contribution in [2.24, 2.45) is 23.7 Å². The van der Waals surface area contributed by atoms with Gasteiger partial charge in [-0.1, -0.05) is 63.6 Å². The molecule has 3 N–H and O–H groups in total. The van der Waals surface area contributed by atoms with E-state index < -0.39 is 106 Å². The summed E-state index contributed by atoms with van der Waals surface area (Å²) in [5, 5.41) is 25.5. The lowest BCUT2D eigenvalue weighted by Crippen LogP contribution is -2.46. The number of ether oxygens (including phenoxy) is 5. The number of aliphatic hydroxyl groups excluding tert-OH is 2. The van der Waals surface area contributed by atoms with Crippen LogP contribution in [-0.4, -0.2) is 102 Å². The number of esters is 2. The van der Waals surface area contributed by atoms with Gasteiger partial charge in [0.1, 0.15) is 29.0 Å². The number of amides is 1. The number of carbonyl (C=O) groups excluding carboxylic acids is 6. The Morgan fingerprint density at radius 2 is 1.50 bits per heavy atom. The summed E-state index contributed by atoms with van der Waals surface area (Å²) in [6.45, 7) is 14.2. The Morgan fingerprint density at radius 3 is 2.10 bits per heavy atom. The van der Waals surface area contributed by atoms with E-state index in [1.54, 1.807) is 52.0 Å². The van der Waals surface area contributed by atoms with Crippen LogP contribution in [0.1, 0.15) is 101 Å². The first-order valence-electron chi connectivity index (χ1n) is 20.4. The number of fused-ring (bicyclic) bond motifs is 14. The zero-order valence-corrected chi connectivity index (χ0v) is 37.1. The smallest absolute Gasteiger partial charge is 0.343 e. The molecule has 0 radical (unpaired) electrons. The zero-order valence-electron chi connectivity index (χ0n) is 37.1. The topological polar surface area (TPSA) is 204 Å². The molecule has 62 heavy (non-hydrogen) atoms. The number of hydrogen-bond acceptors (Lipinski definition) is 14. The molecule has 0 unspecified atom stereocenters. The number of aryl methyl sites for hydroxylation is 1. The third-order valence-electron chi connectivity index (χ3n) is 11.8. The maximum atomic E-state index is 14.8. The molecule has 6 rings (SSSR count). The van der Waals surface area contributed by atoms with E-state index in [-0.39, 0.29) is 39.5 Å². The van der Waals surface area contributed by atoms with Crippen molar-refractivity contribution in [3.8, 4) is 11.5 Å². The van der Waals surface area contributed by atoms with Crippen LogP contribution in [0.3, 0.4) is 0 Å². The number of ketones is 3. The Balaban J connectivity index is 1.72. The normalized spacial score (nSPS) is 30.1. The fraction of sp³-hybridized carbons (Fsp3) is 0.447. The molecule has 0 saturated carbocycles. The fourth-order valence-electron chi connectivity index (χ4n) is 8.06. The first kappa shape index (κ1) is 47.2. The highest BCUT2D eigenvalue weighted by molar-refractivity contribution is 6.32. The number of carbonyl (C=O) groups is 6. The molecule has 332 valence electrons. The summed E-state index contributed by atoms with van der Waals surface area (Å²) >= 11 is 0. The van der Waals surface area contributed by atoms with Crippen molar-refractivity contribution in [3.05, 3.63) is 105 Å². The number of Topliss-reactive ketones (excluding diaryl/α,β-unsaturated/α-hetero) is 3. The van der Waals surface area contributed by atoms with E-state index in [4.69, 9.17) is 23.7 Å². The highest BCUT2D eigenvalue weighted by Crippen LogP contribution is 2.49. The first-order valence-corrected chi connectivity index (χ1v) is 20.4. The summed E-state index contributed by atoms with van der Waals surface area (Å²) in [6.07, 6.45) is 3.29. The second kappa shape index (κ2) is 18.6. The average Bonchev–Trinajstić information content (AvgIpc) is 3.48. The van der Waals surface area contributed by atoms with Crippen molar-refractivity contribution in [2.45, 2.75) is 92.5 Å². The molecular formula is C47H56N2O13. The van der Waals surface area contributed by atoms with Crippen LogP contribution in [0.2, 0.25) is 0 Å². The fourth-order valence-corrected chi connectivity index (χ4v) is 8.06. The minimum atomic E-state index is -2.14. The molecule has 2 aromatic carbocycles. The lowest BCUT2D eigenvalue weighted by molar-refractivity contribution is -0.160. The van der Waals surface area contributed by atoms with Crippen LogP contribution in [0, 0.1) is 37.5 Å². The average molecular weight is 857 g/mol. The van der Waals surface area contributed by atoms with Gasteiger partial charge in [0.25, 0.3) is 11.7 Å². The van der Waals surface area contributed by atoms with Gasteiger partial charge >= 0.3 is 17.7 Å². The molecule has 5 bridgehead atoms. The maximum Gasteiger partial charge on any atom is 0.343 e. The molecule has 0 saturated heterocycles. The lowest BCUT2D eigenvalue weighted by Gasteiger charge is -2.38. The van der Waals surface area contributed by atoms with E-state index in [0.717, 1.165) is 5.56 Å². The van der Waals surface area contributed by atoms with Crippen LogP contribution >= 0.6 is 0 Å². The quantitative estimate of drug-likeness (QED) is 0.257. The van der Waals surface area contributed by atoms with Gasteiger partial charge in [-0.15, -0.1) is 0 Å². The summed E-state index contributed by atoms with van der Waals surface area (Å²) in [7, 11) is 4.40. The number of hydrogen-bond donors (Lipinski definition) is 3. The van der Waals surface area contributed by atoms with Crippen molar-refractivity contribution in [3.63, 3.8) is 0 Å². The second-order valence-corrected chi connectivity index (χ2v) is 16.6. The molecule has 15 heteroatoms. The number of methoxy groups -OCH3 is 1. The van der Waals surface area contributed by atoms with E-state index in [2.05, 4.69) is 5.32 Å². The van der Waals surface area contributed by atoms with Crippen LogP contribution in [-0.2, 0) is 23.8 Å². The van der Waals surface area contributed by atoms with Gasteiger partial charge in [0.15, 0.2) is 0 Å². The highest BCUT2D eigenvalue weighted by Gasteiger charge is 2.53. The molecule has 0 fully saturated rings. The van der Waals surface area contributed by atoms with Crippen LogP contribution < -0.4 is 14.8 Å². The third-order valence-corrected chi connectivity index (χ3v) is 11.8. The first-order chi connectivity index (χ1) is 29.1.